The van der Waals surface area contributed by atoms with Crippen molar-refractivity contribution in [2.75, 3.05) is 13.7 Å². The minimum atomic E-state index is -1.11. The first-order valence-corrected chi connectivity index (χ1v) is 6.49. The molecule has 0 radical (unpaired) electrons. The average Bonchev–Trinajstić information content (AvgIpc) is 2.90. The van der Waals surface area contributed by atoms with Crippen LogP contribution < -0.4 is 5.32 Å². The van der Waals surface area contributed by atoms with Crippen molar-refractivity contribution in [3.05, 3.63) is 30.6 Å². The number of para-hydroxylation sites is 2. The number of imidazole rings is 1. The molecule has 2 unspecified atom stereocenters. The Morgan fingerprint density at radius 2 is 2.14 bits per heavy atom. The molecule has 1 heterocycles. The summed E-state index contributed by atoms with van der Waals surface area (Å²) in [6.07, 6.45) is 0.542. The number of carboxylic acid groups (broad SMARTS) is 1. The second kappa shape index (κ2) is 6.36. The van der Waals surface area contributed by atoms with E-state index in [1.165, 1.54) is 7.11 Å². The van der Waals surface area contributed by atoms with Gasteiger partial charge in [0.05, 0.1) is 23.9 Å². The zero-order chi connectivity index (χ0) is 15.4. The summed E-state index contributed by atoms with van der Waals surface area (Å²) in [7, 11) is 1.29. The van der Waals surface area contributed by atoms with Gasteiger partial charge in [0, 0.05) is 7.11 Å². The number of carboxylic acids is 1. The molecule has 0 spiro atoms. The number of methoxy groups -OCH3 is 1. The molecule has 0 fully saturated rings. The largest absolute Gasteiger partial charge is 0.479 e. The number of carbonyl (C=O) groups is 2. The van der Waals surface area contributed by atoms with Crippen LogP contribution in [0.3, 0.4) is 0 Å². The Bertz CT molecular complexity index is 652. The van der Waals surface area contributed by atoms with Crippen LogP contribution in [-0.2, 0) is 14.3 Å². The first kappa shape index (κ1) is 15.0. The average molecular weight is 291 g/mol. The highest BCUT2D eigenvalue weighted by atomic mass is 16.5. The third-order valence-electron chi connectivity index (χ3n) is 3.30. The quantitative estimate of drug-likeness (QED) is 0.821. The number of fused-ring (bicyclic) bond motifs is 1. The molecule has 1 aromatic heterocycles. The molecule has 21 heavy (non-hydrogen) atoms. The summed E-state index contributed by atoms with van der Waals surface area (Å²) in [6.45, 7) is 1.65. The van der Waals surface area contributed by atoms with Crippen LogP contribution in [0.1, 0.15) is 13.0 Å². The highest BCUT2D eigenvalue weighted by molar-refractivity contribution is 5.84. The van der Waals surface area contributed by atoms with E-state index in [0.29, 0.717) is 0 Å². The number of nitrogens with one attached hydrogen (secondary N) is 1. The molecular weight excluding hydrogens is 274 g/mol. The Morgan fingerprint density at radius 1 is 1.43 bits per heavy atom. The van der Waals surface area contributed by atoms with Gasteiger partial charge in [-0.15, -0.1) is 0 Å². The van der Waals surface area contributed by atoms with E-state index in [1.54, 1.807) is 17.8 Å². The highest BCUT2D eigenvalue weighted by Gasteiger charge is 2.21. The summed E-state index contributed by atoms with van der Waals surface area (Å²) in [5.41, 5.74) is 1.65. The van der Waals surface area contributed by atoms with E-state index in [2.05, 4.69) is 10.3 Å². The summed E-state index contributed by atoms with van der Waals surface area (Å²) in [5.74, 6) is -1.40. The second-order valence-corrected chi connectivity index (χ2v) is 4.62. The molecule has 0 aliphatic carbocycles. The summed E-state index contributed by atoms with van der Waals surface area (Å²) >= 11 is 0. The number of hydrogen-bond donors (Lipinski definition) is 2. The van der Waals surface area contributed by atoms with Gasteiger partial charge in [-0.25, -0.2) is 9.78 Å². The van der Waals surface area contributed by atoms with Crippen LogP contribution in [0.15, 0.2) is 30.6 Å². The Hall–Kier alpha value is -2.41. The van der Waals surface area contributed by atoms with E-state index in [9.17, 15) is 9.59 Å². The van der Waals surface area contributed by atoms with Crippen molar-refractivity contribution in [2.24, 2.45) is 0 Å². The van der Waals surface area contributed by atoms with Gasteiger partial charge in [-0.1, -0.05) is 12.1 Å². The monoisotopic (exact) mass is 291 g/mol. The number of aromatic nitrogens is 2. The smallest absolute Gasteiger partial charge is 0.334 e. The number of benzene rings is 1. The number of ether oxygens (including phenoxy) is 1. The standard InChI is InChI=1S/C14H17N3O4/c1-9(13(18)15-7-12(21-2)14(19)20)17-8-16-10-5-3-4-6-11(10)17/h3-6,8-9,12H,7H2,1-2H3,(H,15,18)(H,19,20). The molecule has 0 saturated heterocycles. The van der Waals surface area contributed by atoms with Crippen molar-refractivity contribution in [1.82, 2.24) is 14.9 Å². The van der Waals surface area contributed by atoms with E-state index in [1.807, 2.05) is 24.3 Å². The van der Waals surface area contributed by atoms with Gasteiger partial charge < -0.3 is 19.7 Å². The fraction of sp³-hybridized carbons (Fsp3) is 0.357. The molecule has 2 N–H and O–H groups in total. The zero-order valence-electron chi connectivity index (χ0n) is 11.8. The van der Waals surface area contributed by atoms with Crippen molar-refractivity contribution in [2.45, 2.75) is 19.1 Å². The van der Waals surface area contributed by atoms with Gasteiger partial charge in [0.1, 0.15) is 6.04 Å². The minimum Gasteiger partial charge on any atom is -0.479 e. The number of aliphatic carboxylic acids is 1. The van der Waals surface area contributed by atoms with Crippen LogP contribution in [0.25, 0.3) is 11.0 Å². The zero-order valence-corrected chi connectivity index (χ0v) is 11.8. The van der Waals surface area contributed by atoms with Gasteiger partial charge in [-0.3, -0.25) is 4.79 Å². The number of rotatable bonds is 6. The lowest BCUT2D eigenvalue weighted by Gasteiger charge is -2.16. The predicted molar refractivity (Wildman–Crippen MR) is 75.9 cm³/mol. The fourth-order valence-corrected chi connectivity index (χ4v) is 2.03. The minimum absolute atomic E-state index is 0.0817. The van der Waals surface area contributed by atoms with E-state index < -0.39 is 18.1 Å². The number of carbonyl (C=O) groups excluding carboxylic acids is 1. The Balaban J connectivity index is 2.07. The van der Waals surface area contributed by atoms with Gasteiger partial charge in [0.25, 0.3) is 0 Å². The molecule has 2 rings (SSSR count). The van der Waals surface area contributed by atoms with Crippen molar-refractivity contribution in [1.29, 1.82) is 0 Å². The summed E-state index contributed by atoms with van der Waals surface area (Å²) in [5, 5.41) is 11.4. The first-order chi connectivity index (χ1) is 10.0. The molecule has 1 aromatic carbocycles. The molecule has 0 bridgehead atoms. The van der Waals surface area contributed by atoms with E-state index in [0.717, 1.165) is 11.0 Å². The van der Waals surface area contributed by atoms with Crippen LogP contribution in [-0.4, -0.2) is 46.3 Å². The lowest BCUT2D eigenvalue weighted by atomic mass is 10.2. The van der Waals surface area contributed by atoms with E-state index in [-0.39, 0.29) is 12.5 Å². The molecule has 2 aromatic rings. The van der Waals surface area contributed by atoms with Crippen molar-refractivity contribution in [3.63, 3.8) is 0 Å². The molecule has 7 nitrogen and oxygen atoms in total. The molecular formula is C14H17N3O4. The van der Waals surface area contributed by atoms with Crippen molar-refractivity contribution < 1.29 is 19.4 Å². The Morgan fingerprint density at radius 3 is 2.81 bits per heavy atom. The first-order valence-electron chi connectivity index (χ1n) is 6.49. The third-order valence-corrected chi connectivity index (χ3v) is 3.30. The van der Waals surface area contributed by atoms with E-state index >= 15 is 0 Å². The molecule has 112 valence electrons. The maximum Gasteiger partial charge on any atom is 0.334 e. The molecule has 0 aliphatic rings. The Kier molecular flexibility index (Phi) is 4.54. The normalized spacial score (nSPS) is 13.8. The molecule has 2 atom stereocenters. The maximum atomic E-state index is 12.1. The maximum absolute atomic E-state index is 12.1. The van der Waals surface area contributed by atoms with Gasteiger partial charge in [0.2, 0.25) is 5.91 Å². The lowest BCUT2D eigenvalue weighted by molar-refractivity contribution is -0.148. The number of nitrogens with zero attached hydrogens (tertiary/aromatic N) is 2. The van der Waals surface area contributed by atoms with Gasteiger partial charge in [0.15, 0.2) is 6.10 Å². The second-order valence-electron chi connectivity index (χ2n) is 4.62. The van der Waals surface area contributed by atoms with E-state index in [4.69, 9.17) is 9.84 Å². The molecule has 0 aliphatic heterocycles. The van der Waals surface area contributed by atoms with Crippen molar-refractivity contribution in [3.8, 4) is 0 Å². The lowest BCUT2D eigenvalue weighted by Crippen LogP contribution is -2.40. The summed E-state index contributed by atoms with van der Waals surface area (Å²) < 4.78 is 6.51. The summed E-state index contributed by atoms with van der Waals surface area (Å²) in [6, 6.07) is 6.99. The number of hydrogen-bond acceptors (Lipinski definition) is 4. The van der Waals surface area contributed by atoms with Crippen molar-refractivity contribution >= 4 is 22.9 Å². The van der Waals surface area contributed by atoms with Crippen LogP contribution in [0.5, 0.6) is 0 Å². The van der Waals surface area contributed by atoms with Gasteiger partial charge >= 0.3 is 5.97 Å². The molecule has 1 amide bonds. The molecule has 0 saturated carbocycles. The third kappa shape index (κ3) is 3.19. The topological polar surface area (TPSA) is 93.5 Å². The van der Waals surface area contributed by atoms with Crippen LogP contribution in [0.4, 0.5) is 0 Å². The van der Waals surface area contributed by atoms with Crippen LogP contribution >= 0.6 is 0 Å². The van der Waals surface area contributed by atoms with Gasteiger partial charge in [-0.05, 0) is 19.1 Å². The Labute approximate surface area is 121 Å². The van der Waals surface area contributed by atoms with Crippen LogP contribution in [0.2, 0.25) is 0 Å². The van der Waals surface area contributed by atoms with Crippen LogP contribution in [0, 0.1) is 0 Å². The summed E-state index contributed by atoms with van der Waals surface area (Å²) in [4.78, 5) is 27.2. The highest BCUT2D eigenvalue weighted by Crippen LogP contribution is 2.17. The predicted octanol–water partition coefficient (Wildman–Crippen LogP) is 0.813. The number of amides is 1. The van der Waals surface area contributed by atoms with Gasteiger partial charge in [-0.2, -0.15) is 0 Å². The fourth-order valence-electron chi connectivity index (χ4n) is 2.03. The SMILES string of the molecule is COC(CNC(=O)C(C)n1cnc2ccccc21)C(=O)O. The molecule has 7 heteroatoms.